The summed E-state index contributed by atoms with van der Waals surface area (Å²) in [4.78, 5) is 12.7. The molecule has 0 radical (unpaired) electrons. The highest BCUT2D eigenvalue weighted by atomic mass is 32.2. The van der Waals surface area contributed by atoms with Crippen LogP contribution in [0.5, 0.6) is 5.75 Å². The van der Waals surface area contributed by atoms with Gasteiger partial charge in [0.2, 0.25) is 10.0 Å². The smallest absolute Gasteiger partial charge is 0.313 e. The molecular formula is C17H25NO5S. The SMILES string of the molecule is CCOC(=O)[C@@]1(Cc2cccc(OC)c2)CCCN(S(C)(=O)=O)C1. The van der Waals surface area contributed by atoms with E-state index < -0.39 is 15.4 Å². The summed E-state index contributed by atoms with van der Waals surface area (Å²) in [5.41, 5.74) is 0.0710. The molecule has 0 amide bonds. The van der Waals surface area contributed by atoms with Gasteiger partial charge in [-0.05, 0) is 43.9 Å². The molecule has 24 heavy (non-hydrogen) atoms. The van der Waals surface area contributed by atoms with Crippen molar-refractivity contribution < 1.29 is 22.7 Å². The minimum Gasteiger partial charge on any atom is -0.497 e. The van der Waals surface area contributed by atoms with Crippen molar-refractivity contribution in [3.8, 4) is 5.75 Å². The van der Waals surface area contributed by atoms with Gasteiger partial charge in [-0.3, -0.25) is 4.79 Å². The molecule has 0 spiro atoms. The van der Waals surface area contributed by atoms with E-state index in [1.807, 2.05) is 24.3 Å². The predicted molar refractivity (Wildman–Crippen MR) is 91.4 cm³/mol. The lowest BCUT2D eigenvalue weighted by molar-refractivity contribution is -0.157. The highest BCUT2D eigenvalue weighted by Gasteiger charge is 2.45. The highest BCUT2D eigenvalue weighted by molar-refractivity contribution is 7.88. The van der Waals surface area contributed by atoms with Crippen LogP contribution in [0.4, 0.5) is 0 Å². The van der Waals surface area contributed by atoms with Gasteiger partial charge < -0.3 is 9.47 Å². The van der Waals surface area contributed by atoms with E-state index in [0.717, 1.165) is 5.56 Å². The third-order valence-corrected chi connectivity index (χ3v) is 5.65. The molecule has 1 aliphatic rings. The topological polar surface area (TPSA) is 72.9 Å². The Labute approximate surface area is 143 Å². The molecule has 1 aromatic rings. The largest absolute Gasteiger partial charge is 0.497 e. The van der Waals surface area contributed by atoms with Crippen LogP contribution < -0.4 is 4.74 Å². The Morgan fingerprint density at radius 1 is 1.38 bits per heavy atom. The van der Waals surface area contributed by atoms with Crippen molar-refractivity contribution in [3.63, 3.8) is 0 Å². The average molecular weight is 355 g/mol. The summed E-state index contributed by atoms with van der Waals surface area (Å²) >= 11 is 0. The van der Waals surface area contributed by atoms with Crippen LogP contribution in [0.2, 0.25) is 0 Å². The molecule has 134 valence electrons. The van der Waals surface area contributed by atoms with Gasteiger partial charge in [-0.2, -0.15) is 0 Å². The number of esters is 1. The van der Waals surface area contributed by atoms with Gasteiger partial charge in [0.1, 0.15) is 5.75 Å². The van der Waals surface area contributed by atoms with Gasteiger partial charge in [-0.15, -0.1) is 0 Å². The van der Waals surface area contributed by atoms with Crippen molar-refractivity contribution in [2.24, 2.45) is 5.41 Å². The quantitative estimate of drug-likeness (QED) is 0.728. The second-order valence-corrected chi connectivity index (χ2v) is 8.21. The Morgan fingerprint density at radius 2 is 2.12 bits per heavy atom. The summed E-state index contributed by atoms with van der Waals surface area (Å²) in [6, 6.07) is 7.50. The van der Waals surface area contributed by atoms with Crippen LogP contribution in [-0.2, 0) is 26.0 Å². The number of rotatable bonds is 6. The molecule has 1 heterocycles. The molecule has 0 bridgehead atoms. The molecule has 0 unspecified atom stereocenters. The molecule has 0 aromatic heterocycles. The van der Waals surface area contributed by atoms with Gasteiger partial charge in [0, 0.05) is 13.1 Å². The third kappa shape index (κ3) is 4.27. The fraction of sp³-hybridized carbons (Fsp3) is 0.588. The maximum Gasteiger partial charge on any atom is 0.313 e. The Morgan fingerprint density at radius 3 is 2.75 bits per heavy atom. The van der Waals surface area contributed by atoms with Crippen molar-refractivity contribution in [1.29, 1.82) is 0 Å². The van der Waals surface area contributed by atoms with Crippen LogP contribution in [0.3, 0.4) is 0 Å². The Hall–Kier alpha value is -1.60. The van der Waals surface area contributed by atoms with E-state index >= 15 is 0 Å². The van der Waals surface area contributed by atoms with Gasteiger partial charge in [0.25, 0.3) is 0 Å². The number of hydrogen-bond donors (Lipinski definition) is 0. The molecule has 0 N–H and O–H groups in total. The monoisotopic (exact) mass is 355 g/mol. The summed E-state index contributed by atoms with van der Waals surface area (Å²) in [6.45, 7) is 2.63. The van der Waals surface area contributed by atoms with Gasteiger partial charge in [0.15, 0.2) is 0 Å². The van der Waals surface area contributed by atoms with Gasteiger partial charge in [-0.25, -0.2) is 12.7 Å². The number of carbonyl (C=O) groups is 1. The van der Waals surface area contributed by atoms with E-state index in [1.54, 1.807) is 14.0 Å². The van der Waals surface area contributed by atoms with E-state index in [9.17, 15) is 13.2 Å². The van der Waals surface area contributed by atoms with Crippen molar-refractivity contribution in [2.45, 2.75) is 26.2 Å². The Balaban J connectivity index is 2.34. The fourth-order valence-electron chi connectivity index (χ4n) is 3.21. The number of carbonyl (C=O) groups excluding carboxylic acids is 1. The molecular weight excluding hydrogens is 330 g/mol. The van der Waals surface area contributed by atoms with Gasteiger partial charge >= 0.3 is 5.97 Å². The third-order valence-electron chi connectivity index (χ3n) is 4.40. The maximum absolute atomic E-state index is 12.7. The van der Waals surface area contributed by atoms with Gasteiger partial charge in [-0.1, -0.05) is 12.1 Å². The summed E-state index contributed by atoms with van der Waals surface area (Å²) in [5.74, 6) is 0.378. The first-order chi connectivity index (χ1) is 11.3. The number of ether oxygens (including phenoxy) is 2. The van der Waals surface area contributed by atoms with Crippen molar-refractivity contribution >= 4 is 16.0 Å². The molecule has 0 aliphatic carbocycles. The van der Waals surface area contributed by atoms with Crippen LogP contribution in [0.1, 0.15) is 25.3 Å². The molecule has 6 nitrogen and oxygen atoms in total. The summed E-state index contributed by atoms with van der Waals surface area (Å²) < 4.78 is 35.8. The molecule has 2 rings (SSSR count). The number of sulfonamides is 1. The number of hydrogen-bond acceptors (Lipinski definition) is 5. The maximum atomic E-state index is 12.7. The van der Waals surface area contributed by atoms with Crippen LogP contribution >= 0.6 is 0 Å². The summed E-state index contributed by atoms with van der Waals surface area (Å²) in [7, 11) is -1.76. The first-order valence-electron chi connectivity index (χ1n) is 8.06. The molecule has 0 saturated carbocycles. The molecule has 1 aromatic carbocycles. The normalized spacial score (nSPS) is 22.1. The number of methoxy groups -OCH3 is 1. The van der Waals surface area contributed by atoms with E-state index in [1.165, 1.54) is 10.6 Å². The zero-order valence-electron chi connectivity index (χ0n) is 14.4. The molecule has 7 heteroatoms. The summed E-state index contributed by atoms with van der Waals surface area (Å²) in [6.07, 6.45) is 2.85. The van der Waals surface area contributed by atoms with Crippen molar-refractivity contribution in [1.82, 2.24) is 4.31 Å². The standard InChI is InChI=1S/C17H25NO5S/c1-4-23-16(19)17(9-6-10-18(13-17)24(3,20)21)12-14-7-5-8-15(11-14)22-2/h5,7-8,11H,4,6,9-10,12-13H2,1-3H3/t17-/m1/s1. The molecule has 1 fully saturated rings. The fourth-order valence-corrected chi connectivity index (χ4v) is 4.16. The predicted octanol–water partition coefficient (Wildman–Crippen LogP) is 1.84. The van der Waals surface area contributed by atoms with E-state index in [-0.39, 0.29) is 19.1 Å². The lowest BCUT2D eigenvalue weighted by Crippen LogP contribution is -2.51. The number of nitrogens with zero attached hydrogens (tertiary/aromatic N) is 1. The lowest BCUT2D eigenvalue weighted by Gasteiger charge is -2.40. The molecule has 1 atom stereocenters. The van der Waals surface area contributed by atoms with Crippen LogP contribution in [-0.4, -0.2) is 51.8 Å². The second-order valence-electron chi connectivity index (χ2n) is 6.23. The minimum absolute atomic E-state index is 0.155. The average Bonchev–Trinajstić information content (AvgIpc) is 2.54. The minimum atomic E-state index is -3.35. The molecule has 1 saturated heterocycles. The number of piperidine rings is 1. The van der Waals surface area contributed by atoms with Crippen LogP contribution in [0.15, 0.2) is 24.3 Å². The van der Waals surface area contributed by atoms with E-state index in [2.05, 4.69) is 0 Å². The Kier molecular flexibility index (Phi) is 5.87. The number of benzene rings is 1. The van der Waals surface area contributed by atoms with Crippen molar-refractivity contribution in [2.75, 3.05) is 33.1 Å². The lowest BCUT2D eigenvalue weighted by atomic mass is 9.75. The highest BCUT2D eigenvalue weighted by Crippen LogP contribution is 2.36. The van der Waals surface area contributed by atoms with E-state index in [0.29, 0.717) is 31.6 Å². The van der Waals surface area contributed by atoms with Crippen molar-refractivity contribution in [3.05, 3.63) is 29.8 Å². The van der Waals surface area contributed by atoms with Crippen LogP contribution in [0.25, 0.3) is 0 Å². The van der Waals surface area contributed by atoms with Crippen LogP contribution in [0, 0.1) is 5.41 Å². The zero-order chi connectivity index (χ0) is 17.8. The summed E-state index contributed by atoms with van der Waals surface area (Å²) in [5, 5.41) is 0. The second kappa shape index (κ2) is 7.53. The Bertz CT molecular complexity index is 688. The first-order valence-corrected chi connectivity index (χ1v) is 9.91. The zero-order valence-corrected chi connectivity index (χ0v) is 15.3. The first kappa shape index (κ1) is 18.7. The molecule has 1 aliphatic heterocycles. The van der Waals surface area contributed by atoms with E-state index in [4.69, 9.17) is 9.47 Å². The van der Waals surface area contributed by atoms with Gasteiger partial charge in [0.05, 0.1) is 25.4 Å².